The van der Waals surface area contributed by atoms with Crippen LogP contribution in [0.2, 0.25) is 0 Å². The second kappa shape index (κ2) is 7.84. The molecule has 3 aromatic heterocycles. The Hall–Kier alpha value is -3.83. The lowest BCUT2D eigenvalue weighted by atomic mass is 9.66. The lowest BCUT2D eigenvalue weighted by molar-refractivity contribution is -0.142. The molecule has 10 nitrogen and oxygen atoms in total. The van der Waals surface area contributed by atoms with Gasteiger partial charge in [-0.3, -0.25) is 4.79 Å². The van der Waals surface area contributed by atoms with Crippen LogP contribution in [0.4, 0.5) is 14.7 Å². The van der Waals surface area contributed by atoms with Crippen LogP contribution in [-0.4, -0.2) is 60.6 Å². The van der Waals surface area contributed by atoms with Gasteiger partial charge in [0.25, 0.3) is 5.92 Å². The molecule has 2 aliphatic rings. The van der Waals surface area contributed by atoms with Crippen LogP contribution >= 0.6 is 0 Å². The van der Waals surface area contributed by atoms with Gasteiger partial charge in [-0.15, -0.1) is 10.2 Å². The Morgan fingerprint density at radius 3 is 2.67 bits per heavy atom. The molecule has 2 fully saturated rings. The molecule has 0 saturated heterocycles. The number of aromatic nitrogens is 6. The second-order valence-electron chi connectivity index (χ2n) is 10.1. The molecule has 6 rings (SSSR count). The van der Waals surface area contributed by atoms with Gasteiger partial charge in [-0.05, 0) is 36.6 Å². The van der Waals surface area contributed by atoms with Gasteiger partial charge in [0.05, 0.1) is 18.0 Å². The topological polar surface area (TPSA) is 111 Å². The summed E-state index contributed by atoms with van der Waals surface area (Å²) in [5.74, 6) is -2.02. The van der Waals surface area contributed by atoms with E-state index in [1.807, 2.05) is 44.4 Å². The molecule has 0 atom stereocenters. The van der Waals surface area contributed by atoms with Crippen molar-refractivity contribution < 1.29 is 18.3 Å². The van der Waals surface area contributed by atoms with Crippen LogP contribution in [0.15, 0.2) is 30.5 Å². The molecule has 2 saturated carbocycles. The lowest BCUT2D eigenvalue weighted by Gasteiger charge is -2.46. The normalized spacial score (nSPS) is 23.3. The fourth-order valence-corrected chi connectivity index (χ4v) is 5.25. The molecule has 1 amide bonds. The second-order valence-corrected chi connectivity index (χ2v) is 10.1. The summed E-state index contributed by atoms with van der Waals surface area (Å²) in [6.45, 7) is 1.86. The van der Waals surface area contributed by atoms with E-state index in [0.717, 1.165) is 27.7 Å². The average molecular weight is 497 g/mol. The largest absolute Gasteiger partial charge is 0.479 e. The number of aryl methyl sites for hydroxylation is 1. The van der Waals surface area contributed by atoms with Crippen LogP contribution in [0.5, 0.6) is 5.88 Å². The first-order valence-corrected chi connectivity index (χ1v) is 11.8. The van der Waals surface area contributed by atoms with Crippen molar-refractivity contribution in [2.24, 2.45) is 12.5 Å². The summed E-state index contributed by atoms with van der Waals surface area (Å²) in [4.78, 5) is 17.2. The maximum absolute atomic E-state index is 13.1. The van der Waals surface area contributed by atoms with Crippen LogP contribution in [-0.2, 0) is 11.8 Å². The van der Waals surface area contributed by atoms with Crippen LogP contribution in [0.3, 0.4) is 0 Å². The molecule has 12 heteroatoms. The highest BCUT2D eigenvalue weighted by atomic mass is 19.3. The van der Waals surface area contributed by atoms with Crippen molar-refractivity contribution in [3.63, 3.8) is 0 Å². The Bertz CT molecular complexity index is 1480. The standard InChI is InChI=1S/C24H26F2N8O2/c1-23(21(35)27-15-11-24(25,26)12-15)9-14(10-23)28-22-29-20(36-3)19-16(6-7-34(19)31-22)13-4-5-17-18(8-13)33(2)32-30-17/h4-8,14-15H,9-12H2,1-3H3,(H,27,35)(H,28,31). The number of rotatable bonds is 6. The van der Waals surface area contributed by atoms with Crippen molar-refractivity contribution in [3.05, 3.63) is 30.5 Å². The minimum absolute atomic E-state index is 0.0134. The molecule has 2 N–H and O–H groups in total. The summed E-state index contributed by atoms with van der Waals surface area (Å²) in [7, 11) is 3.41. The van der Waals surface area contributed by atoms with Gasteiger partial charge in [0.1, 0.15) is 11.0 Å². The van der Waals surface area contributed by atoms with E-state index in [-0.39, 0.29) is 24.8 Å². The van der Waals surface area contributed by atoms with E-state index in [0.29, 0.717) is 24.7 Å². The van der Waals surface area contributed by atoms with E-state index < -0.39 is 17.4 Å². The van der Waals surface area contributed by atoms with Crippen LogP contribution in [0, 0.1) is 5.41 Å². The quantitative estimate of drug-likeness (QED) is 0.422. The molecule has 3 heterocycles. The van der Waals surface area contributed by atoms with E-state index >= 15 is 0 Å². The van der Waals surface area contributed by atoms with Gasteiger partial charge in [0.2, 0.25) is 17.7 Å². The van der Waals surface area contributed by atoms with Gasteiger partial charge in [-0.2, -0.15) is 4.98 Å². The maximum Gasteiger partial charge on any atom is 0.252 e. The Balaban J connectivity index is 1.18. The number of methoxy groups -OCH3 is 1. The summed E-state index contributed by atoms with van der Waals surface area (Å²) < 4.78 is 35.2. The van der Waals surface area contributed by atoms with Crippen molar-refractivity contribution in [1.29, 1.82) is 0 Å². The number of anilines is 1. The molecule has 2 aliphatic carbocycles. The van der Waals surface area contributed by atoms with E-state index in [4.69, 9.17) is 4.74 Å². The monoisotopic (exact) mass is 496 g/mol. The maximum atomic E-state index is 13.1. The number of amides is 1. The third kappa shape index (κ3) is 3.71. The zero-order chi connectivity index (χ0) is 25.2. The van der Waals surface area contributed by atoms with Gasteiger partial charge in [0, 0.05) is 43.7 Å². The Morgan fingerprint density at radius 2 is 1.94 bits per heavy atom. The van der Waals surface area contributed by atoms with Crippen molar-refractivity contribution in [3.8, 4) is 17.0 Å². The van der Waals surface area contributed by atoms with E-state index in [1.54, 1.807) is 16.3 Å². The molecule has 36 heavy (non-hydrogen) atoms. The highest BCUT2D eigenvalue weighted by Gasteiger charge is 2.51. The van der Waals surface area contributed by atoms with Crippen molar-refractivity contribution >= 4 is 28.4 Å². The van der Waals surface area contributed by atoms with E-state index in [1.165, 1.54) is 0 Å². The molecular formula is C24H26F2N8O2. The molecule has 188 valence electrons. The summed E-state index contributed by atoms with van der Waals surface area (Å²) in [6.07, 6.45) is 2.40. The Labute approximate surface area is 205 Å². The average Bonchev–Trinajstić information content (AvgIpc) is 3.39. The number of alkyl halides is 2. The minimum atomic E-state index is -2.65. The Morgan fingerprint density at radius 1 is 1.17 bits per heavy atom. The number of benzene rings is 1. The predicted molar refractivity (Wildman–Crippen MR) is 128 cm³/mol. The van der Waals surface area contributed by atoms with E-state index in [9.17, 15) is 13.6 Å². The highest BCUT2D eigenvalue weighted by molar-refractivity contribution is 5.89. The summed E-state index contributed by atoms with van der Waals surface area (Å²) in [5, 5.41) is 18.8. The summed E-state index contributed by atoms with van der Waals surface area (Å²) in [6, 6.07) is 7.41. The zero-order valence-electron chi connectivity index (χ0n) is 20.1. The van der Waals surface area contributed by atoms with Gasteiger partial charge in [-0.1, -0.05) is 18.2 Å². The zero-order valence-corrected chi connectivity index (χ0v) is 20.1. The first-order chi connectivity index (χ1) is 17.1. The molecule has 1 aromatic carbocycles. The van der Waals surface area contributed by atoms with Gasteiger partial charge < -0.3 is 15.4 Å². The predicted octanol–water partition coefficient (Wildman–Crippen LogP) is 3.18. The first-order valence-electron chi connectivity index (χ1n) is 11.8. The minimum Gasteiger partial charge on any atom is -0.479 e. The molecule has 0 bridgehead atoms. The summed E-state index contributed by atoms with van der Waals surface area (Å²) >= 11 is 0. The van der Waals surface area contributed by atoms with Crippen LogP contribution in [0.25, 0.3) is 27.7 Å². The van der Waals surface area contributed by atoms with Gasteiger partial charge >= 0.3 is 0 Å². The Kier molecular flexibility index (Phi) is 4.92. The molecule has 0 aliphatic heterocycles. The number of hydrogen-bond donors (Lipinski definition) is 2. The molecular weight excluding hydrogens is 470 g/mol. The number of hydrogen-bond acceptors (Lipinski definition) is 7. The number of ether oxygens (including phenoxy) is 1. The fraction of sp³-hybridized carbons (Fsp3) is 0.458. The first kappa shape index (κ1) is 22.6. The number of fused-ring (bicyclic) bond motifs is 2. The number of nitrogens with zero attached hydrogens (tertiary/aromatic N) is 6. The molecule has 4 aromatic rings. The summed E-state index contributed by atoms with van der Waals surface area (Å²) in [5.41, 5.74) is 3.72. The van der Waals surface area contributed by atoms with Crippen molar-refractivity contribution in [1.82, 2.24) is 34.9 Å². The third-order valence-electron chi connectivity index (χ3n) is 7.29. The lowest BCUT2D eigenvalue weighted by Crippen LogP contribution is -2.58. The molecule has 0 radical (unpaired) electrons. The molecule has 0 spiro atoms. The third-order valence-corrected chi connectivity index (χ3v) is 7.29. The smallest absolute Gasteiger partial charge is 0.252 e. The molecule has 0 unspecified atom stereocenters. The number of carbonyl (C=O) groups is 1. The van der Waals surface area contributed by atoms with Gasteiger partial charge in [-0.25, -0.2) is 18.0 Å². The van der Waals surface area contributed by atoms with Crippen molar-refractivity contribution in [2.75, 3.05) is 12.4 Å². The highest BCUT2D eigenvalue weighted by Crippen LogP contribution is 2.44. The number of halogens is 2. The number of nitrogens with one attached hydrogen (secondary N) is 2. The van der Waals surface area contributed by atoms with Crippen molar-refractivity contribution in [2.45, 2.75) is 50.6 Å². The SMILES string of the molecule is COc1nc(NC2CC(C)(C(=O)NC3CC(F)(F)C3)C2)nn2ccc(-c3ccc4nnn(C)c4c3)c12. The van der Waals surface area contributed by atoms with Crippen LogP contribution < -0.4 is 15.4 Å². The number of carbonyl (C=O) groups excluding carboxylic acids is 1. The van der Waals surface area contributed by atoms with Crippen LogP contribution in [0.1, 0.15) is 32.6 Å². The van der Waals surface area contributed by atoms with Gasteiger partial charge in [0.15, 0.2) is 0 Å². The van der Waals surface area contributed by atoms with E-state index in [2.05, 4.69) is 31.0 Å². The fourth-order valence-electron chi connectivity index (χ4n) is 5.25.